The Morgan fingerprint density at radius 3 is 2.78 bits per heavy atom. The fourth-order valence-electron chi connectivity index (χ4n) is 1.20. The Bertz CT molecular complexity index is 640. The van der Waals surface area contributed by atoms with Crippen LogP contribution in [0.15, 0.2) is 18.6 Å². The molecule has 2 aromatic rings. The van der Waals surface area contributed by atoms with Crippen LogP contribution in [0.3, 0.4) is 0 Å². The number of hydrogen-bond donors (Lipinski definition) is 1. The highest BCUT2D eigenvalue weighted by Gasteiger charge is 2.21. The van der Waals surface area contributed by atoms with Crippen molar-refractivity contribution in [2.75, 3.05) is 0 Å². The minimum atomic E-state index is -1.48. The van der Waals surface area contributed by atoms with Gasteiger partial charge >= 0.3 is 11.9 Å². The van der Waals surface area contributed by atoms with Gasteiger partial charge in [-0.05, 0) is 11.0 Å². The molecule has 2 rings (SSSR count). The van der Waals surface area contributed by atoms with E-state index in [1.54, 1.807) is 0 Å². The number of carboxylic acid groups (broad SMARTS) is 1. The highest BCUT2D eigenvalue weighted by atomic mass is 19.1. The van der Waals surface area contributed by atoms with Gasteiger partial charge in [-0.1, -0.05) is 4.98 Å². The minimum Gasteiger partial charge on any atom is -0.478 e. The summed E-state index contributed by atoms with van der Waals surface area (Å²) < 4.78 is 14.4. The molecule has 92 valence electrons. The summed E-state index contributed by atoms with van der Waals surface area (Å²) >= 11 is 0. The zero-order chi connectivity index (χ0) is 13.3. The van der Waals surface area contributed by atoms with Gasteiger partial charge in [0.1, 0.15) is 5.56 Å². The van der Waals surface area contributed by atoms with Gasteiger partial charge in [0.15, 0.2) is 5.82 Å². The van der Waals surface area contributed by atoms with E-state index in [1.165, 1.54) is 0 Å². The van der Waals surface area contributed by atoms with Crippen LogP contribution < -0.4 is 0 Å². The molecule has 0 aliphatic rings. The van der Waals surface area contributed by atoms with Crippen LogP contribution in [0.4, 0.5) is 10.3 Å². The van der Waals surface area contributed by atoms with Crippen LogP contribution in [0.25, 0.3) is 5.82 Å². The average Bonchev–Trinajstić information content (AvgIpc) is 2.78. The quantitative estimate of drug-likeness (QED) is 0.620. The van der Waals surface area contributed by atoms with Crippen molar-refractivity contribution in [3.63, 3.8) is 0 Å². The number of pyridine rings is 1. The maximum atomic E-state index is 13.7. The van der Waals surface area contributed by atoms with Crippen molar-refractivity contribution < 1.29 is 19.2 Å². The van der Waals surface area contributed by atoms with Gasteiger partial charge in [0.2, 0.25) is 12.1 Å². The topological polar surface area (TPSA) is 124 Å². The summed E-state index contributed by atoms with van der Waals surface area (Å²) in [6, 6.07) is 0.965. The monoisotopic (exact) mass is 253 g/mol. The molecule has 0 saturated carbocycles. The van der Waals surface area contributed by atoms with E-state index in [0.29, 0.717) is 4.68 Å². The van der Waals surface area contributed by atoms with Crippen molar-refractivity contribution in [3.05, 3.63) is 40.1 Å². The molecular weight excluding hydrogens is 249 g/mol. The Kier molecular flexibility index (Phi) is 2.67. The molecule has 0 radical (unpaired) electrons. The molecule has 10 heteroatoms. The predicted octanol–water partition coefficient (Wildman–Crippen LogP) is 0.408. The van der Waals surface area contributed by atoms with E-state index in [-0.39, 0.29) is 0 Å². The largest absolute Gasteiger partial charge is 0.491 e. The Morgan fingerprint density at radius 2 is 2.22 bits per heavy atom. The number of nitro groups is 1. The molecule has 1 N–H and O–H groups in total. The lowest BCUT2D eigenvalue weighted by Gasteiger charge is -2.00. The van der Waals surface area contributed by atoms with E-state index >= 15 is 0 Å². The van der Waals surface area contributed by atoms with E-state index < -0.39 is 34.0 Å². The summed E-state index contributed by atoms with van der Waals surface area (Å²) in [4.78, 5) is 27.1. The van der Waals surface area contributed by atoms with Crippen molar-refractivity contribution in [2.45, 2.75) is 0 Å². The van der Waals surface area contributed by atoms with Gasteiger partial charge in [-0.15, -0.1) is 4.68 Å². The maximum Gasteiger partial charge on any atom is 0.491 e. The summed E-state index contributed by atoms with van der Waals surface area (Å²) in [5.74, 6) is -3.84. The van der Waals surface area contributed by atoms with Crippen LogP contribution in [0, 0.1) is 15.9 Å². The number of halogens is 1. The van der Waals surface area contributed by atoms with E-state index in [2.05, 4.69) is 15.1 Å². The number of carboxylic acids is 1. The second kappa shape index (κ2) is 4.16. The molecule has 0 fully saturated rings. The Hall–Kier alpha value is -2.91. The van der Waals surface area contributed by atoms with Gasteiger partial charge in [0.05, 0.1) is 0 Å². The van der Waals surface area contributed by atoms with Gasteiger partial charge in [0.25, 0.3) is 0 Å². The van der Waals surface area contributed by atoms with Crippen molar-refractivity contribution in [3.8, 4) is 5.82 Å². The van der Waals surface area contributed by atoms with Crippen LogP contribution in [0.2, 0.25) is 0 Å². The molecule has 2 heterocycles. The second-order valence-corrected chi connectivity index (χ2v) is 3.05. The zero-order valence-corrected chi connectivity index (χ0v) is 8.52. The maximum absolute atomic E-state index is 13.7. The first kappa shape index (κ1) is 11.6. The third-order valence-electron chi connectivity index (χ3n) is 1.96. The molecule has 0 atom stereocenters. The van der Waals surface area contributed by atoms with Gasteiger partial charge in [-0.25, -0.2) is 14.2 Å². The summed E-state index contributed by atoms with van der Waals surface area (Å²) in [6.07, 6.45) is 1.92. The Labute approximate surface area is 97.7 Å². The molecule has 0 bridgehead atoms. The van der Waals surface area contributed by atoms with Crippen LogP contribution in [-0.2, 0) is 0 Å². The SMILES string of the molecule is O=C(O)c1ccnc(-n2cnc([N+](=O)[O-])n2)c1F. The van der Waals surface area contributed by atoms with Crippen LogP contribution in [-0.4, -0.2) is 35.7 Å². The molecule has 2 aromatic heterocycles. The molecule has 0 saturated heterocycles. The average molecular weight is 253 g/mol. The molecule has 0 spiro atoms. The van der Waals surface area contributed by atoms with E-state index in [1.807, 2.05) is 0 Å². The molecule has 0 unspecified atom stereocenters. The number of nitrogens with zero attached hydrogens (tertiary/aromatic N) is 5. The van der Waals surface area contributed by atoms with Gasteiger partial charge in [0, 0.05) is 11.3 Å². The lowest BCUT2D eigenvalue weighted by atomic mass is 10.2. The molecule has 0 amide bonds. The molecule has 9 nitrogen and oxygen atoms in total. The highest BCUT2D eigenvalue weighted by Crippen LogP contribution is 2.14. The number of carbonyl (C=O) groups is 1. The first-order chi connectivity index (χ1) is 8.50. The summed E-state index contributed by atoms with van der Waals surface area (Å²) in [7, 11) is 0. The minimum absolute atomic E-state index is 0.476. The normalized spacial score (nSPS) is 10.3. The second-order valence-electron chi connectivity index (χ2n) is 3.05. The number of aromatic carboxylic acids is 1. The first-order valence-electron chi connectivity index (χ1n) is 4.45. The van der Waals surface area contributed by atoms with Gasteiger partial charge in [-0.3, -0.25) is 0 Å². The van der Waals surface area contributed by atoms with Gasteiger partial charge < -0.3 is 15.2 Å². The fraction of sp³-hybridized carbons (Fsp3) is 0. The van der Waals surface area contributed by atoms with Crippen molar-refractivity contribution in [2.24, 2.45) is 0 Å². The fourth-order valence-corrected chi connectivity index (χ4v) is 1.20. The van der Waals surface area contributed by atoms with Crippen molar-refractivity contribution >= 4 is 11.9 Å². The van der Waals surface area contributed by atoms with E-state index in [4.69, 9.17) is 5.11 Å². The Morgan fingerprint density at radius 1 is 1.50 bits per heavy atom. The van der Waals surface area contributed by atoms with Crippen LogP contribution >= 0.6 is 0 Å². The van der Waals surface area contributed by atoms with Gasteiger partial charge in [-0.2, -0.15) is 0 Å². The number of aromatic nitrogens is 4. The summed E-state index contributed by atoms with van der Waals surface area (Å²) in [5.41, 5.74) is -0.613. The third kappa shape index (κ3) is 1.86. The standard InChI is InChI=1S/C8H4FN5O4/c9-5-4(7(15)16)1-2-10-6(5)13-3-11-8(12-13)14(17)18/h1-3H,(H,15,16). The molecule has 0 aliphatic carbocycles. The predicted molar refractivity (Wildman–Crippen MR) is 52.7 cm³/mol. The van der Waals surface area contributed by atoms with Crippen LogP contribution in [0.5, 0.6) is 0 Å². The smallest absolute Gasteiger partial charge is 0.478 e. The molecule has 0 aliphatic heterocycles. The van der Waals surface area contributed by atoms with E-state index in [0.717, 1.165) is 18.6 Å². The van der Waals surface area contributed by atoms with Crippen molar-refractivity contribution in [1.29, 1.82) is 0 Å². The van der Waals surface area contributed by atoms with E-state index in [9.17, 15) is 19.3 Å². The molecule has 0 aromatic carbocycles. The summed E-state index contributed by atoms with van der Waals surface area (Å²) in [6.45, 7) is 0. The summed E-state index contributed by atoms with van der Waals surface area (Å²) in [5, 5.41) is 22.4. The van der Waals surface area contributed by atoms with Crippen LogP contribution in [0.1, 0.15) is 10.4 Å². The lowest BCUT2D eigenvalue weighted by molar-refractivity contribution is -0.394. The first-order valence-corrected chi connectivity index (χ1v) is 4.45. The zero-order valence-electron chi connectivity index (χ0n) is 8.52. The highest BCUT2D eigenvalue weighted by molar-refractivity contribution is 5.88. The molecule has 18 heavy (non-hydrogen) atoms. The van der Waals surface area contributed by atoms with Crippen molar-refractivity contribution in [1.82, 2.24) is 19.7 Å². The third-order valence-corrected chi connectivity index (χ3v) is 1.96. The molecular formula is C8H4FN5O4. The number of hydrogen-bond acceptors (Lipinski definition) is 6. The number of rotatable bonds is 3. The lowest BCUT2D eigenvalue weighted by Crippen LogP contribution is -2.08. The Balaban J connectivity index is 2.53.